The lowest BCUT2D eigenvalue weighted by atomic mass is 10.1. The second kappa shape index (κ2) is 7.11. The molecule has 6 nitrogen and oxygen atoms in total. The summed E-state index contributed by atoms with van der Waals surface area (Å²) in [5, 5.41) is 9.07. The van der Waals surface area contributed by atoms with Gasteiger partial charge in [0.15, 0.2) is 23.2 Å². The summed E-state index contributed by atoms with van der Waals surface area (Å²) in [7, 11) is 3.29. The van der Waals surface area contributed by atoms with Crippen LogP contribution in [0.2, 0.25) is 0 Å². The van der Waals surface area contributed by atoms with Crippen LogP contribution in [0.5, 0.6) is 11.5 Å². The van der Waals surface area contributed by atoms with Gasteiger partial charge in [0.2, 0.25) is 0 Å². The largest absolute Gasteiger partial charge is 0.493 e. The number of ether oxygens (including phenoxy) is 2. The zero-order valence-corrected chi connectivity index (χ0v) is 14.0. The molecular weight excluding hydrogens is 314 g/mol. The molecule has 0 aromatic heterocycles. The van der Waals surface area contributed by atoms with Crippen LogP contribution in [0.1, 0.15) is 12.5 Å². The van der Waals surface area contributed by atoms with E-state index in [0.29, 0.717) is 28.9 Å². The minimum atomic E-state index is -0.122. The highest BCUT2D eigenvalue weighted by molar-refractivity contribution is 7.80. The Labute approximate surface area is 140 Å². The second-order valence-corrected chi connectivity index (χ2v) is 5.14. The maximum atomic E-state index is 12.4. The van der Waals surface area contributed by atoms with Gasteiger partial charge in [0.1, 0.15) is 11.8 Å². The second-order valence-electron chi connectivity index (χ2n) is 4.78. The van der Waals surface area contributed by atoms with Gasteiger partial charge in [-0.05, 0) is 42.9 Å². The van der Waals surface area contributed by atoms with Gasteiger partial charge in [-0.3, -0.25) is 9.69 Å². The lowest BCUT2D eigenvalue weighted by Crippen LogP contribution is -2.30. The molecule has 0 spiro atoms. The fourth-order valence-electron chi connectivity index (χ4n) is 2.25. The molecule has 1 amide bonds. The Balaban J connectivity index is 2.34. The van der Waals surface area contributed by atoms with Gasteiger partial charge in [-0.2, -0.15) is 5.26 Å². The number of rotatable bonds is 5. The monoisotopic (exact) mass is 331 g/mol. The summed E-state index contributed by atoms with van der Waals surface area (Å²) in [4.78, 5) is 15.6. The van der Waals surface area contributed by atoms with Crippen LogP contribution in [0.4, 0.5) is 0 Å². The zero-order valence-electron chi connectivity index (χ0n) is 13.2. The van der Waals surface area contributed by atoms with Crippen molar-refractivity contribution < 1.29 is 14.3 Å². The Morgan fingerprint density at radius 1 is 1.39 bits per heavy atom. The quantitative estimate of drug-likeness (QED) is 0.607. The van der Waals surface area contributed by atoms with E-state index < -0.39 is 0 Å². The number of nitrogens with zero attached hydrogens (tertiary/aromatic N) is 3. The number of amides is 1. The first-order chi connectivity index (χ1) is 11.0. The van der Waals surface area contributed by atoms with Crippen LogP contribution in [0, 0.1) is 11.3 Å². The number of nitriles is 1. The van der Waals surface area contributed by atoms with Crippen molar-refractivity contribution in [2.24, 2.45) is 0 Å². The maximum Gasteiger partial charge on any atom is 0.276 e. The SMILES string of the molecule is CCN1C(=O)/C(=C/c2ccc(OCC#N)c(OC)c2)N(C)C1=S. The third-order valence-electron chi connectivity index (χ3n) is 3.44. The van der Waals surface area contributed by atoms with Crippen LogP contribution in [-0.4, -0.2) is 48.1 Å². The predicted octanol–water partition coefficient (Wildman–Crippen LogP) is 2.02. The number of benzene rings is 1. The fraction of sp³-hybridized carbons (Fsp3) is 0.312. The number of methoxy groups -OCH3 is 1. The summed E-state index contributed by atoms with van der Waals surface area (Å²) < 4.78 is 10.5. The van der Waals surface area contributed by atoms with E-state index in [2.05, 4.69) is 0 Å². The Morgan fingerprint density at radius 3 is 2.70 bits per heavy atom. The average molecular weight is 331 g/mol. The van der Waals surface area contributed by atoms with Crippen molar-refractivity contribution >= 4 is 29.3 Å². The highest BCUT2D eigenvalue weighted by atomic mass is 32.1. The van der Waals surface area contributed by atoms with Gasteiger partial charge in [-0.25, -0.2) is 0 Å². The van der Waals surface area contributed by atoms with E-state index in [1.165, 1.54) is 7.11 Å². The van der Waals surface area contributed by atoms with Crippen LogP contribution in [0.15, 0.2) is 23.9 Å². The maximum absolute atomic E-state index is 12.4. The molecule has 0 atom stereocenters. The Hall–Kier alpha value is -2.59. The van der Waals surface area contributed by atoms with Crippen LogP contribution < -0.4 is 9.47 Å². The Bertz CT molecular complexity index is 709. The first kappa shape index (κ1) is 16.8. The van der Waals surface area contributed by atoms with Crippen molar-refractivity contribution in [1.82, 2.24) is 9.80 Å². The van der Waals surface area contributed by atoms with Crippen molar-refractivity contribution in [2.75, 3.05) is 27.3 Å². The Morgan fingerprint density at radius 2 is 2.13 bits per heavy atom. The number of carbonyl (C=O) groups is 1. The molecule has 1 fully saturated rings. The number of carbonyl (C=O) groups excluding carboxylic acids is 1. The third-order valence-corrected chi connectivity index (χ3v) is 3.94. The molecule has 23 heavy (non-hydrogen) atoms. The molecule has 1 aromatic carbocycles. The van der Waals surface area contributed by atoms with Gasteiger partial charge in [-0.1, -0.05) is 6.07 Å². The summed E-state index contributed by atoms with van der Waals surface area (Å²) in [6.45, 7) is 2.35. The zero-order chi connectivity index (χ0) is 17.0. The summed E-state index contributed by atoms with van der Waals surface area (Å²) in [5.74, 6) is 0.856. The summed E-state index contributed by atoms with van der Waals surface area (Å²) >= 11 is 5.26. The fourth-order valence-corrected chi connectivity index (χ4v) is 2.56. The van der Waals surface area contributed by atoms with Crippen molar-refractivity contribution in [3.63, 3.8) is 0 Å². The van der Waals surface area contributed by atoms with E-state index in [0.717, 1.165) is 5.56 Å². The van der Waals surface area contributed by atoms with E-state index in [-0.39, 0.29) is 12.5 Å². The molecule has 0 radical (unpaired) electrons. The van der Waals surface area contributed by atoms with Gasteiger partial charge < -0.3 is 14.4 Å². The number of hydrogen-bond acceptors (Lipinski definition) is 5. The van der Waals surface area contributed by atoms with E-state index >= 15 is 0 Å². The average Bonchev–Trinajstić information content (AvgIpc) is 2.76. The smallest absolute Gasteiger partial charge is 0.276 e. The van der Waals surface area contributed by atoms with E-state index in [9.17, 15) is 4.79 Å². The van der Waals surface area contributed by atoms with Crippen LogP contribution in [0.3, 0.4) is 0 Å². The highest BCUT2D eigenvalue weighted by Gasteiger charge is 2.34. The van der Waals surface area contributed by atoms with Crippen LogP contribution in [0.25, 0.3) is 6.08 Å². The first-order valence-electron chi connectivity index (χ1n) is 7.02. The normalized spacial score (nSPS) is 16.0. The molecule has 0 unspecified atom stereocenters. The molecule has 1 aliphatic heterocycles. The molecule has 0 N–H and O–H groups in total. The minimum absolute atomic E-state index is 0.0578. The van der Waals surface area contributed by atoms with Crippen LogP contribution >= 0.6 is 12.2 Å². The van der Waals surface area contributed by atoms with Gasteiger partial charge in [0, 0.05) is 13.6 Å². The summed E-state index contributed by atoms with van der Waals surface area (Å²) in [5.41, 5.74) is 1.28. The number of thiocarbonyl (C=S) groups is 1. The van der Waals surface area contributed by atoms with Gasteiger partial charge in [-0.15, -0.1) is 0 Å². The van der Waals surface area contributed by atoms with Gasteiger partial charge >= 0.3 is 0 Å². The highest BCUT2D eigenvalue weighted by Crippen LogP contribution is 2.30. The first-order valence-corrected chi connectivity index (χ1v) is 7.43. The van der Waals surface area contributed by atoms with E-state index in [4.69, 9.17) is 27.0 Å². The summed E-state index contributed by atoms with van der Waals surface area (Å²) in [6.07, 6.45) is 1.75. The topological polar surface area (TPSA) is 65.8 Å². The van der Waals surface area contributed by atoms with Crippen molar-refractivity contribution in [3.05, 3.63) is 29.5 Å². The van der Waals surface area contributed by atoms with Crippen molar-refractivity contribution in [1.29, 1.82) is 5.26 Å². The molecule has 2 rings (SSSR count). The standard InChI is InChI=1S/C16H17N3O3S/c1-4-19-15(20)12(18(2)16(19)23)9-11-5-6-13(22-8-7-17)14(10-11)21-3/h5-6,9-10H,4,8H2,1-3H3/b12-9-. The summed E-state index contributed by atoms with van der Waals surface area (Å²) in [6, 6.07) is 7.16. The van der Waals surface area contributed by atoms with Crippen molar-refractivity contribution in [2.45, 2.75) is 6.92 Å². The lowest BCUT2D eigenvalue weighted by molar-refractivity contribution is -0.122. The molecule has 0 bridgehead atoms. The Kier molecular flexibility index (Phi) is 5.19. The molecule has 7 heteroatoms. The molecule has 1 aromatic rings. The lowest BCUT2D eigenvalue weighted by Gasteiger charge is -2.13. The molecule has 1 aliphatic rings. The molecule has 0 saturated carbocycles. The molecule has 120 valence electrons. The molecule has 1 heterocycles. The number of likely N-dealkylation sites (N-methyl/N-ethyl adjacent to an activating group) is 2. The van der Waals surface area contributed by atoms with Crippen molar-refractivity contribution in [3.8, 4) is 17.6 Å². The van der Waals surface area contributed by atoms with Gasteiger partial charge in [0.05, 0.1) is 7.11 Å². The minimum Gasteiger partial charge on any atom is -0.493 e. The number of hydrogen-bond donors (Lipinski definition) is 0. The van der Waals surface area contributed by atoms with E-state index in [1.54, 1.807) is 41.1 Å². The van der Waals surface area contributed by atoms with E-state index in [1.807, 2.05) is 13.0 Å². The molecular formula is C16H17N3O3S. The predicted molar refractivity (Wildman–Crippen MR) is 89.8 cm³/mol. The molecule has 1 saturated heterocycles. The third kappa shape index (κ3) is 3.27. The van der Waals surface area contributed by atoms with Gasteiger partial charge in [0.25, 0.3) is 5.91 Å². The van der Waals surface area contributed by atoms with Crippen LogP contribution in [-0.2, 0) is 4.79 Å². The molecule has 0 aliphatic carbocycles.